The minimum Gasteiger partial charge on any atom is -0.368 e. The zero-order valence-electron chi connectivity index (χ0n) is 20.3. The van der Waals surface area contributed by atoms with E-state index in [1.807, 2.05) is 59.3 Å². The first-order valence-electron chi connectivity index (χ1n) is 12.1. The third-order valence-corrected chi connectivity index (χ3v) is 8.75. The number of nitrogens with two attached hydrogens (primary N) is 1. The number of benzene rings is 2. The van der Waals surface area contributed by atoms with Crippen LogP contribution in [0.25, 0.3) is 16.9 Å². The maximum atomic E-state index is 13.2. The molecule has 0 bridgehead atoms. The maximum absolute atomic E-state index is 13.2. The zero-order chi connectivity index (χ0) is 26.6. The molecule has 3 N–H and O–H groups in total. The highest BCUT2D eigenvalue weighted by Crippen LogP contribution is 2.46. The number of halogens is 2. The third kappa shape index (κ3) is 5.88. The van der Waals surface area contributed by atoms with Gasteiger partial charge in [0.15, 0.2) is 0 Å². The number of aromatic nitrogens is 3. The van der Waals surface area contributed by atoms with Crippen molar-refractivity contribution in [1.29, 1.82) is 0 Å². The van der Waals surface area contributed by atoms with Crippen LogP contribution >= 0.6 is 35.0 Å². The Balaban J connectivity index is 1.37. The molecule has 5 rings (SSSR count). The lowest BCUT2D eigenvalue weighted by atomic mass is 10.0. The summed E-state index contributed by atoms with van der Waals surface area (Å²) < 4.78 is 1.85. The molecule has 7 nitrogen and oxygen atoms in total. The second-order valence-corrected chi connectivity index (χ2v) is 11.3. The molecule has 1 saturated heterocycles. The van der Waals surface area contributed by atoms with Gasteiger partial charge in [-0.3, -0.25) is 14.6 Å². The number of pyridine rings is 1. The van der Waals surface area contributed by atoms with Gasteiger partial charge in [-0.2, -0.15) is 5.10 Å². The largest absolute Gasteiger partial charge is 0.368 e. The highest BCUT2D eigenvalue weighted by Gasteiger charge is 2.35. The minimum absolute atomic E-state index is 0.000670. The molecule has 4 aromatic rings. The van der Waals surface area contributed by atoms with Crippen LogP contribution in [0.3, 0.4) is 0 Å². The molecule has 1 aliphatic rings. The van der Waals surface area contributed by atoms with Crippen LogP contribution in [0.15, 0.2) is 79.1 Å². The van der Waals surface area contributed by atoms with E-state index >= 15 is 0 Å². The van der Waals surface area contributed by atoms with Crippen molar-refractivity contribution in [3.8, 4) is 16.9 Å². The lowest BCUT2D eigenvalue weighted by molar-refractivity contribution is -0.127. The van der Waals surface area contributed by atoms with Crippen molar-refractivity contribution in [3.05, 3.63) is 100 Å². The van der Waals surface area contributed by atoms with Gasteiger partial charge in [0.1, 0.15) is 6.04 Å². The van der Waals surface area contributed by atoms with Crippen LogP contribution in [0.1, 0.15) is 29.3 Å². The van der Waals surface area contributed by atoms with Crippen LogP contribution in [-0.2, 0) is 16.0 Å². The fraction of sp³-hybridized carbons (Fsp3) is 0.214. The molecular formula is C28H25Cl2N5O2S. The van der Waals surface area contributed by atoms with Crippen LogP contribution in [0.5, 0.6) is 0 Å². The van der Waals surface area contributed by atoms with Gasteiger partial charge in [-0.05, 0) is 54.8 Å². The molecule has 10 heteroatoms. The number of carbonyl (C=O) groups excluding carboxylic acids is 2. The highest BCUT2D eigenvalue weighted by molar-refractivity contribution is 8.01. The van der Waals surface area contributed by atoms with Gasteiger partial charge in [0.25, 0.3) is 0 Å². The van der Waals surface area contributed by atoms with Gasteiger partial charge >= 0.3 is 0 Å². The molecule has 38 heavy (non-hydrogen) atoms. The summed E-state index contributed by atoms with van der Waals surface area (Å²) in [4.78, 5) is 29.5. The van der Waals surface area contributed by atoms with Gasteiger partial charge in [-0.15, -0.1) is 11.8 Å². The summed E-state index contributed by atoms with van der Waals surface area (Å²) in [5.74, 6) is -0.745. The fourth-order valence-corrected chi connectivity index (χ4v) is 6.22. The molecule has 0 aliphatic carbocycles. The molecule has 1 fully saturated rings. The monoisotopic (exact) mass is 565 g/mol. The minimum atomic E-state index is -0.775. The number of rotatable bonds is 8. The Bertz CT molecular complexity index is 1450. The third-order valence-electron chi connectivity index (χ3n) is 6.43. The average molecular weight is 567 g/mol. The van der Waals surface area contributed by atoms with Gasteiger partial charge in [0, 0.05) is 29.6 Å². The zero-order valence-corrected chi connectivity index (χ0v) is 22.6. The van der Waals surface area contributed by atoms with Crippen LogP contribution in [-0.4, -0.2) is 37.9 Å². The lowest BCUT2D eigenvalue weighted by Crippen LogP contribution is -2.48. The summed E-state index contributed by atoms with van der Waals surface area (Å²) >= 11 is 14.0. The molecule has 2 amide bonds. The normalized spacial score (nSPS) is 17.7. The predicted molar refractivity (Wildman–Crippen MR) is 151 cm³/mol. The van der Waals surface area contributed by atoms with Crippen molar-refractivity contribution < 1.29 is 9.59 Å². The van der Waals surface area contributed by atoms with Crippen molar-refractivity contribution >= 4 is 46.8 Å². The van der Waals surface area contributed by atoms with Crippen molar-refractivity contribution in [3.63, 3.8) is 0 Å². The van der Waals surface area contributed by atoms with E-state index in [2.05, 4.69) is 10.3 Å². The molecule has 3 atom stereocenters. The topological polar surface area (TPSA) is 103 Å². The Morgan fingerprint density at radius 3 is 2.58 bits per heavy atom. The second kappa shape index (κ2) is 11.6. The number of primary amides is 1. The molecular weight excluding hydrogens is 541 g/mol. The molecule has 0 saturated carbocycles. The standard InChI is InChI=1S/C28H25Cl2N5O2S/c29-20-9-8-19(14-21(20)30)35-24(15-22(34-35)18-7-4-12-32-16-18)25-10-11-26(38-25)28(37)33-23(27(31)36)13-17-5-2-1-3-6-17/h1-9,12,14-16,23,25-26H,10-11,13H2,(H2,31,36)(H,33,37). The van der Waals surface area contributed by atoms with Crippen LogP contribution < -0.4 is 11.1 Å². The second-order valence-electron chi connectivity index (χ2n) is 9.05. The molecule has 1 aliphatic heterocycles. The molecule has 2 aromatic carbocycles. The van der Waals surface area contributed by atoms with E-state index in [-0.39, 0.29) is 16.4 Å². The molecule has 2 aromatic heterocycles. The van der Waals surface area contributed by atoms with Crippen molar-refractivity contribution in [2.75, 3.05) is 0 Å². The molecule has 194 valence electrons. The summed E-state index contributed by atoms with van der Waals surface area (Å²) in [6, 6.07) is 20.0. The Hall–Kier alpha value is -3.33. The Kier molecular flexibility index (Phi) is 8.02. The van der Waals surface area contributed by atoms with Gasteiger partial charge in [-0.1, -0.05) is 53.5 Å². The van der Waals surface area contributed by atoms with Gasteiger partial charge in [0.2, 0.25) is 11.8 Å². The van der Waals surface area contributed by atoms with Crippen molar-refractivity contribution in [1.82, 2.24) is 20.1 Å². The number of nitrogens with zero attached hydrogens (tertiary/aromatic N) is 3. The summed E-state index contributed by atoms with van der Waals surface area (Å²) in [6.45, 7) is 0. The molecule has 0 spiro atoms. The summed E-state index contributed by atoms with van der Waals surface area (Å²) in [7, 11) is 0. The first kappa shape index (κ1) is 26.3. The first-order valence-corrected chi connectivity index (χ1v) is 13.8. The lowest BCUT2D eigenvalue weighted by Gasteiger charge is -2.18. The maximum Gasteiger partial charge on any atom is 0.240 e. The number of nitrogens with one attached hydrogen (secondary N) is 1. The van der Waals surface area contributed by atoms with E-state index in [0.29, 0.717) is 22.9 Å². The Labute approximate surface area is 234 Å². The smallest absolute Gasteiger partial charge is 0.240 e. The molecule has 3 unspecified atom stereocenters. The van der Waals surface area contributed by atoms with Crippen LogP contribution in [0.2, 0.25) is 10.0 Å². The van der Waals surface area contributed by atoms with E-state index in [1.165, 1.54) is 0 Å². The van der Waals surface area contributed by atoms with Crippen LogP contribution in [0.4, 0.5) is 0 Å². The quantitative estimate of drug-likeness (QED) is 0.298. The van der Waals surface area contributed by atoms with E-state index < -0.39 is 11.9 Å². The Morgan fingerprint density at radius 2 is 1.87 bits per heavy atom. The fourth-order valence-electron chi connectivity index (χ4n) is 4.49. The van der Waals surface area contributed by atoms with Crippen molar-refractivity contribution in [2.45, 2.75) is 35.8 Å². The number of amides is 2. The van der Waals surface area contributed by atoms with Crippen molar-refractivity contribution in [2.24, 2.45) is 5.73 Å². The van der Waals surface area contributed by atoms with Gasteiger partial charge in [-0.25, -0.2) is 4.68 Å². The van der Waals surface area contributed by atoms with Gasteiger partial charge in [0.05, 0.1) is 32.4 Å². The van der Waals surface area contributed by atoms with Gasteiger partial charge < -0.3 is 11.1 Å². The summed E-state index contributed by atoms with van der Waals surface area (Å²) in [5, 5.41) is 8.30. The number of hydrogen-bond acceptors (Lipinski definition) is 5. The predicted octanol–water partition coefficient (Wildman–Crippen LogP) is 5.39. The van der Waals surface area contributed by atoms with E-state index in [1.54, 1.807) is 36.3 Å². The SMILES string of the molecule is NC(=O)C(Cc1ccccc1)NC(=O)C1CCC(c2cc(-c3cccnc3)nn2-c2ccc(Cl)c(Cl)c2)S1. The number of carbonyl (C=O) groups is 2. The number of thioether (sulfide) groups is 1. The average Bonchev–Trinajstić information content (AvgIpc) is 3.59. The van der Waals surface area contributed by atoms with E-state index in [9.17, 15) is 9.59 Å². The highest BCUT2D eigenvalue weighted by atomic mass is 35.5. The number of hydrogen-bond donors (Lipinski definition) is 2. The van der Waals surface area contributed by atoms with E-state index in [0.717, 1.165) is 34.6 Å². The first-order chi connectivity index (χ1) is 18.4. The Morgan fingerprint density at radius 1 is 1.05 bits per heavy atom. The van der Waals surface area contributed by atoms with Crippen LogP contribution in [0, 0.1) is 0 Å². The molecule has 3 heterocycles. The molecule has 0 radical (unpaired) electrons. The summed E-state index contributed by atoms with van der Waals surface area (Å²) in [5.41, 5.74) is 9.92. The van der Waals surface area contributed by atoms with E-state index in [4.69, 9.17) is 34.0 Å². The summed E-state index contributed by atoms with van der Waals surface area (Å²) in [6.07, 6.45) is 5.25.